The van der Waals surface area contributed by atoms with Gasteiger partial charge >= 0.3 is 0 Å². The largest absolute Gasteiger partial charge is 0.342 e. The first-order chi connectivity index (χ1) is 13.3. The number of rotatable bonds is 7. The first-order valence-corrected chi connectivity index (χ1v) is 10.2. The Labute approximate surface area is 168 Å². The van der Waals surface area contributed by atoms with Gasteiger partial charge in [-0.1, -0.05) is 6.07 Å². The molecule has 147 valence electrons. The molecule has 2 N–H and O–H groups in total. The maximum atomic E-state index is 12.0. The molecule has 1 heterocycles. The predicted octanol–water partition coefficient (Wildman–Crippen LogP) is 3.71. The van der Waals surface area contributed by atoms with Gasteiger partial charge in [0, 0.05) is 26.2 Å². The minimum Gasteiger partial charge on any atom is -0.342 e. The SMILES string of the molecule is [CH]=C(Nc1ccc(C#N)c(CCN(C)C)c1)Nc1ccc2c(c1)S(=O)(=O)C=C2.[HH].[HH]. The Balaban J connectivity index is 0.00000225. The second kappa shape index (κ2) is 7.89. The molecule has 2 aromatic carbocycles. The lowest BCUT2D eigenvalue weighted by atomic mass is 10.0. The molecule has 28 heavy (non-hydrogen) atoms. The lowest BCUT2D eigenvalue weighted by Crippen LogP contribution is -2.16. The van der Waals surface area contributed by atoms with Crippen molar-refractivity contribution < 1.29 is 11.3 Å². The molecular weight excluding hydrogens is 372 g/mol. The molecule has 0 saturated carbocycles. The van der Waals surface area contributed by atoms with Crippen LogP contribution in [0, 0.1) is 17.9 Å². The molecule has 0 aliphatic carbocycles. The Hall–Kier alpha value is -3.08. The van der Waals surface area contributed by atoms with Gasteiger partial charge in [0.05, 0.1) is 16.5 Å². The number of benzene rings is 2. The highest BCUT2D eigenvalue weighted by atomic mass is 32.2. The van der Waals surface area contributed by atoms with Crippen LogP contribution < -0.4 is 10.6 Å². The zero-order chi connectivity index (χ0) is 20.3. The summed E-state index contributed by atoms with van der Waals surface area (Å²) in [5.74, 6) is 0.256. The zero-order valence-corrected chi connectivity index (χ0v) is 16.5. The van der Waals surface area contributed by atoms with Crippen molar-refractivity contribution in [2.24, 2.45) is 0 Å². The Morgan fingerprint density at radius 3 is 2.54 bits per heavy atom. The van der Waals surface area contributed by atoms with E-state index in [2.05, 4.69) is 21.6 Å². The van der Waals surface area contributed by atoms with Crippen LogP contribution in [0.25, 0.3) is 6.08 Å². The quantitative estimate of drug-likeness (QED) is 0.741. The molecule has 0 bridgehead atoms. The van der Waals surface area contributed by atoms with Crippen LogP contribution >= 0.6 is 0 Å². The summed E-state index contributed by atoms with van der Waals surface area (Å²) in [5, 5.41) is 16.5. The minimum absolute atomic E-state index is 0. The monoisotopic (exact) mass is 397 g/mol. The van der Waals surface area contributed by atoms with E-state index >= 15 is 0 Å². The highest BCUT2D eigenvalue weighted by Crippen LogP contribution is 2.29. The van der Waals surface area contributed by atoms with Crippen LogP contribution in [0.1, 0.15) is 19.5 Å². The molecule has 7 heteroatoms. The maximum Gasteiger partial charge on any atom is 0.200 e. The van der Waals surface area contributed by atoms with Gasteiger partial charge in [-0.05, 0) is 74.6 Å². The highest BCUT2D eigenvalue weighted by molar-refractivity contribution is 7.94. The Bertz CT molecular complexity index is 1110. The van der Waals surface area contributed by atoms with Gasteiger partial charge in [0.2, 0.25) is 9.84 Å². The number of nitrogens with one attached hydrogen (secondary N) is 2. The van der Waals surface area contributed by atoms with E-state index < -0.39 is 9.84 Å². The third kappa shape index (κ3) is 4.42. The van der Waals surface area contributed by atoms with Crippen molar-refractivity contribution in [3.63, 3.8) is 0 Å². The van der Waals surface area contributed by atoms with E-state index in [1.165, 1.54) is 5.41 Å². The van der Waals surface area contributed by atoms with E-state index in [1.54, 1.807) is 36.4 Å². The van der Waals surface area contributed by atoms with Crippen molar-refractivity contribution in [1.82, 2.24) is 4.90 Å². The number of likely N-dealkylation sites (N-methyl/N-ethyl adjacent to an activating group) is 1. The molecule has 0 fully saturated rings. The summed E-state index contributed by atoms with van der Waals surface area (Å²) in [7, 11) is 0.589. The standard InChI is InChI=1S/C21H21N4O2S.2H2/c1-15(24-20-6-4-16-9-11-28(26,27)21(16)13-20)23-19-7-5-18(14-22)17(12-19)8-10-25(2)3;;/h1,4-7,9,11-13,23-24H,8,10H2,2-3H3;2*1H. The van der Waals surface area contributed by atoms with Crippen LogP contribution in [0.15, 0.2) is 52.5 Å². The van der Waals surface area contributed by atoms with Crippen LogP contribution in [0.2, 0.25) is 0 Å². The molecule has 0 aromatic heterocycles. The molecule has 1 radical (unpaired) electrons. The molecule has 1 aliphatic rings. The Kier molecular flexibility index (Phi) is 5.54. The lowest BCUT2D eigenvalue weighted by molar-refractivity contribution is 0.413. The van der Waals surface area contributed by atoms with Crippen LogP contribution in [-0.2, 0) is 16.3 Å². The van der Waals surface area contributed by atoms with Gasteiger partial charge in [-0.3, -0.25) is 0 Å². The van der Waals surface area contributed by atoms with Crippen LogP contribution in [-0.4, -0.2) is 34.0 Å². The van der Waals surface area contributed by atoms with Crippen molar-refractivity contribution in [3.05, 3.63) is 70.9 Å². The normalized spacial score (nSPS) is 13.8. The molecule has 6 nitrogen and oxygen atoms in total. The maximum absolute atomic E-state index is 12.0. The third-order valence-electron chi connectivity index (χ3n) is 4.36. The van der Waals surface area contributed by atoms with E-state index in [0.717, 1.165) is 24.2 Å². The number of hydrogen-bond donors (Lipinski definition) is 2. The Morgan fingerprint density at radius 2 is 1.86 bits per heavy atom. The summed E-state index contributed by atoms with van der Waals surface area (Å²) >= 11 is 0. The van der Waals surface area contributed by atoms with Crippen molar-refractivity contribution >= 4 is 27.3 Å². The molecular formula is C21H25N4O2S. The van der Waals surface area contributed by atoms with E-state index in [9.17, 15) is 13.7 Å². The number of sulfone groups is 1. The average molecular weight is 398 g/mol. The van der Waals surface area contributed by atoms with Gasteiger partial charge in [-0.2, -0.15) is 5.26 Å². The fourth-order valence-electron chi connectivity index (χ4n) is 2.91. The summed E-state index contributed by atoms with van der Waals surface area (Å²) < 4.78 is 24.0. The third-order valence-corrected chi connectivity index (χ3v) is 5.82. The van der Waals surface area contributed by atoms with Gasteiger partial charge in [-0.15, -0.1) is 0 Å². The highest BCUT2D eigenvalue weighted by Gasteiger charge is 2.20. The molecule has 2 aromatic rings. The fourth-order valence-corrected chi connectivity index (χ4v) is 4.13. The van der Waals surface area contributed by atoms with Crippen LogP contribution in [0.5, 0.6) is 0 Å². The molecule has 0 atom stereocenters. The van der Waals surface area contributed by atoms with Gasteiger partial charge < -0.3 is 15.5 Å². The molecule has 0 unspecified atom stereocenters. The van der Waals surface area contributed by atoms with Crippen molar-refractivity contribution in [2.75, 3.05) is 31.3 Å². The number of hydrogen-bond acceptors (Lipinski definition) is 6. The molecule has 0 saturated heterocycles. The van der Waals surface area contributed by atoms with E-state index in [4.69, 9.17) is 6.58 Å². The minimum atomic E-state index is -3.38. The summed E-state index contributed by atoms with van der Waals surface area (Å²) in [6.45, 7) is 6.88. The number of fused-ring (bicyclic) bond motifs is 1. The lowest BCUT2D eigenvalue weighted by Gasteiger charge is -2.15. The predicted molar refractivity (Wildman–Crippen MR) is 115 cm³/mol. The van der Waals surface area contributed by atoms with Gasteiger partial charge in [-0.25, -0.2) is 8.42 Å². The summed E-state index contributed by atoms with van der Waals surface area (Å²) in [6, 6.07) is 12.7. The van der Waals surface area contributed by atoms with Crippen LogP contribution in [0.4, 0.5) is 11.4 Å². The summed E-state index contributed by atoms with van der Waals surface area (Å²) in [4.78, 5) is 2.31. The molecule has 3 rings (SSSR count). The van der Waals surface area contributed by atoms with E-state index in [0.29, 0.717) is 16.8 Å². The fraction of sp³-hybridized carbons (Fsp3) is 0.190. The van der Waals surface area contributed by atoms with Crippen LogP contribution in [0.3, 0.4) is 0 Å². The molecule has 1 aliphatic heterocycles. The van der Waals surface area contributed by atoms with Crippen molar-refractivity contribution in [2.45, 2.75) is 11.3 Å². The average Bonchev–Trinajstić information content (AvgIpc) is 2.94. The molecule has 0 amide bonds. The number of nitriles is 1. The van der Waals surface area contributed by atoms with Crippen molar-refractivity contribution in [3.8, 4) is 6.07 Å². The van der Waals surface area contributed by atoms with E-state index in [-0.39, 0.29) is 13.6 Å². The second-order valence-corrected chi connectivity index (χ2v) is 8.60. The topological polar surface area (TPSA) is 85.2 Å². The van der Waals surface area contributed by atoms with Crippen molar-refractivity contribution in [1.29, 1.82) is 5.26 Å². The zero-order valence-electron chi connectivity index (χ0n) is 15.7. The summed E-state index contributed by atoms with van der Waals surface area (Å²) in [6.07, 6.45) is 2.32. The van der Waals surface area contributed by atoms with Gasteiger partial charge in [0.1, 0.15) is 5.82 Å². The van der Waals surface area contributed by atoms with Gasteiger partial charge in [0.25, 0.3) is 0 Å². The Morgan fingerprint density at radius 1 is 1.18 bits per heavy atom. The molecule has 0 spiro atoms. The smallest absolute Gasteiger partial charge is 0.200 e. The second-order valence-electron chi connectivity index (χ2n) is 6.80. The first-order valence-electron chi connectivity index (χ1n) is 8.70. The van der Waals surface area contributed by atoms with E-state index in [1.807, 2.05) is 20.2 Å². The number of nitrogens with zero attached hydrogens (tertiary/aromatic N) is 2. The number of anilines is 2. The van der Waals surface area contributed by atoms with Gasteiger partial charge in [0.15, 0.2) is 0 Å². The summed E-state index contributed by atoms with van der Waals surface area (Å²) in [5.41, 5.74) is 3.54. The first kappa shape index (κ1) is 19.7.